The normalized spacial score (nSPS) is 20.9. The van der Waals surface area contributed by atoms with Crippen LogP contribution in [0.4, 0.5) is 0 Å². The minimum absolute atomic E-state index is 0.0425. The number of carbonyl (C=O) groups is 2. The lowest BCUT2D eigenvalue weighted by atomic mass is 9.94. The monoisotopic (exact) mass is 452 g/mol. The molecule has 2 aliphatic heterocycles. The van der Waals surface area contributed by atoms with Gasteiger partial charge in [-0.3, -0.25) is 14.5 Å². The van der Waals surface area contributed by atoms with Crippen molar-refractivity contribution < 1.29 is 29.3 Å². The number of ketones is 1. The van der Waals surface area contributed by atoms with E-state index in [1.807, 2.05) is 6.92 Å². The second-order valence-corrected chi connectivity index (χ2v) is 8.22. The molecule has 0 saturated carbocycles. The van der Waals surface area contributed by atoms with E-state index in [0.717, 1.165) is 18.7 Å². The number of aliphatic hydroxyl groups is 1. The Morgan fingerprint density at radius 2 is 1.79 bits per heavy atom. The van der Waals surface area contributed by atoms with Crippen molar-refractivity contribution in [1.29, 1.82) is 0 Å². The number of aromatic hydroxyl groups is 1. The molecule has 1 atom stereocenters. The molecule has 2 aliphatic rings. The van der Waals surface area contributed by atoms with Gasteiger partial charge in [-0.25, -0.2) is 0 Å². The number of benzene rings is 2. The van der Waals surface area contributed by atoms with Crippen molar-refractivity contribution in [2.24, 2.45) is 0 Å². The van der Waals surface area contributed by atoms with Crippen molar-refractivity contribution in [1.82, 2.24) is 9.80 Å². The van der Waals surface area contributed by atoms with Gasteiger partial charge in [0.2, 0.25) is 0 Å². The molecule has 2 aromatic rings. The van der Waals surface area contributed by atoms with Crippen molar-refractivity contribution in [3.05, 3.63) is 64.7 Å². The van der Waals surface area contributed by atoms with Crippen LogP contribution in [-0.4, -0.2) is 78.2 Å². The quantitative estimate of drug-likeness (QED) is 0.395. The molecule has 2 fully saturated rings. The highest BCUT2D eigenvalue weighted by atomic mass is 16.5. The fraction of sp³-hybridized carbons (Fsp3) is 0.360. The Morgan fingerprint density at radius 1 is 1.09 bits per heavy atom. The molecule has 174 valence electrons. The minimum Gasteiger partial charge on any atom is -0.508 e. The van der Waals surface area contributed by atoms with Gasteiger partial charge in [0.05, 0.1) is 31.9 Å². The number of methoxy groups -OCH3 is 1. The number of ether oxygens (including phenoxy) is 2. The van der Waals surface area contributed by atoms with Crippen molar-refractivity contribution in [3.8, 4) is 11.5 Å². The van der Waals surface area contributed by atoms with Crippen LogP contribution in [0.25, 0.3) is 5.76 Å². The summed E-state index contributed by atoms with van der Waals surface area (Å²) in [7, 11) is 1.55. The molecule has 1 amide bonds. The van der Waals surface area contributed by atoms with E-state index >= 15 is 0 Å². The van der Waals surface area contributed by atoms with E-state index in [0.29, 0.717) is 43.2 Å². The van der Waals surface area contributed by atoms with E-state index in [-0.39, 0.29) is 17.1 Å². The Labute approximate surface area is 192 Å². The van der Waals surface area contributed by atoms with Gasteiger partial charge in [-0.1, -0.05) is 12.1 Å². The van der Waals surface area contributed by atoms with Gasteiger partial charge in [-0.2, -0.15) is 0 Å². The summed E-state index contributed by atoms with van der Waals surface area (Å²) < 4.78 is 10.6. The van der Waals surface area contributed by atoms with Gasteiger partial charge in [0.15, 0.2) is 0 Å². The maximum atomic E-state index is 13.1. The summed E-state index contributed by atoms with van der Waals surface area (Å²) in [6.07, 6.45) is 0. The predicted molar refractivity (Wildman–Crippen MR) is 122 cm³/mol. The summed E-state index contributed by atoms with van der Waals surface area (Å²) in [6, 6.07) is 10.7. The highest BCUT2D eigenvalue weighted by molar-refractivity contribution is 6.46. The van der Waals surface area contributed by atoms with Crippen molar-refractivity contribution >= 4 is 17.4 Å². The molecule has 2 N–H and O–H groups in total. The SMILES string of the molecule is COc1ccc(C(O)=C2C(=O)C(=O)N(CCN3CCOCC3)[C@H]2c2ccc(O)cc2)c(C)c1. The largest absolute Gasteiger partial charge is 0.508 e. The van der Waals surface area contributed by atoms with Crippen LogP contribution >= 0.6 is 0 Å². The molecule has 2 aromatic carbocycles. The van der Waals surface area contributed by atoms with Crippen molar-refractivity contribution in [3.63, 3.8) is 0 Å². The lowest BCUT2D eigenvalue weighted by Gasteiger charge is -2.31. The summed E-state index contributed by atoms with van der Waals surface area (Å²) in [5.41, 5.74) is 1.87. The molecule has 2 heterocycles. The first-order valence-electron chi connectivity index (χ1n) is 10.9. The van der Waals surface area contributed by atoms with Crippen LogP contribution < -0.4 is 4.74 Å². The Hall–Kier alpha value is -3.36. The molecule has 8 heteroatoms. The number of Topliss-reactive ketones (excluding diaryl/α,β-unsaturated/α-hetero) is 1. The van der Waals surface area contributed by atoms with Crippen molar-refractivity contribution in [2.75, 3.05) is 46.5 Å². The third-order valence-electron chi connectivity index (χ3n) is 6.20. The van der Waals surface area contributed by atoms with E-state index in [9.17, 15) is 19.8 Å². The zero-order chi connectivity index (χ0) is 23.5. The molecule has 2 saturated heterocycles. The third kappa shape index (κ3) is 4.58. The van der Waals surface area contributed by atoms with E-state index in [2.05, 4.69) is 4.90 Å². The van der Waals surface area contributed by atoms with Crippen LogP contribution in [0.5, 0.6) is 11.5 Å². The maximum absolute atomic E-state index is 13.1. The van der Waals surface area contributed by atoms with Crippen LogP contribution in [0.1, 0.15) is 22.7 Å². The number of phenolic OH excluding ortho intramolecular Hbond substituents is 1. The number of hydrogen-bond donors (Lipinski definition) is 2. The van der Waals surface area contributed by atoms with Gasteiger partial charge in [0.25, 0.3) is 11.7 Å². The molecule has 4 rings (SSSR count). The Balaban J connectivity index is 1.75. The lowest BCUT2D eigenvalue weighted by Crippen LogP contribution is -2.42. The molecule has 33 heavy (non-hydrogen) atoms. The number of nitrogens with zero attached hydrogens (tertiary/aromatic N) is 2. The zero-order valence-corrected chi connectivity index (χ0v) is 18.8. The van der Waals surface area contributed by atoms with E-state index in [4.69, 9.17) is 9.47 Å². The maximum Gasteiger partial charge on any atom is 0.295 e. The standard InChI is InChI=1S/C25H28N2O6/c1-16-15-19(32-2)7-8-20(16)23(29)21-22(17-3-5-18(28)6-4-17)27(25(31)24(21)30)10-9-26-11-13-33-14-12-26/h3-8,15,22,28-29H,9-14H2,1-2H3/t22-/m0/s1. The highest BCUT2D eigenvalue weighted by Crippen LogP contribution is 2.40. The molecular weight excluding hydrogens is 424 g/mol. The summed E-state index contributed by atoms with van der Waals surface area (Å²) in [5.74, 6) is -0.877. The number of phenols is 1. The molecule has 8 nitrogen and oxygen atoms in total. The van der Waals surface area contributed by atoms with E-state index in [1.165, 1.54) is 17.0 Å². The molecular formula is C25H28N2O6. The number of aliphatic hydroxyl groups excluding tert-OH is 1. The molecule has 0 aromatic heterocycles. The lowest BCUT2D eigenvalue weighted by molar-refractivity contribution is -0.140. The number of hydrogen-bond acceptors (Lipinski definition) is 7. The van der Waals surface area contributed by atoms with Gasteiger partial charge >= 0.3 is 0 Å². The number of aryl methyl sites for hydroxylation is 1. The van der Waals surface area contributed by atoms with Crippen LogP contribution in [0.15, 0.2) is 48.0 Å². The summed E-state index contributed by atoms with van der Waals surface area (Å²) >= 11 is 0. The van der Waals surface area contributed by atoms with E-state index < -0.39 is 17.7 Å². The summed E-state index contributed by atoms with van der Waals surface area (Å²) in [4.78, 5) is 29.9. The number of rotatable bonds is 6. The number of amides is 1. The minimum atomic E-state index is -0.756. The fourth-order valence-electron chi connectivity index (χ4n) is 4.36. The zero-order valence-electron chi connectivity index (χ0n) is 18.8. The van der Waals surface area contributed by atoms with Crippen LogP contribution in [0, 0.1) is 6.92 Å². The molecule has 0 bridgehead atoms. The molecule has 0 unspecified atom stereocenters. The Morgan fingerprint density at radius 3 is 2.42 bits per heavy atom. The first-order chi connectivity index (χ1) is 15.9. The van der Waals surface area contributed by atoms with Crippen LogP contribution in [-0.2, 0) is 14.3 Å². The first kappa shape index (κ1) is 22.8. The molecule has 0 aliphatic carbocycles. The Bertz CT molecular complexity index is 1070. The van der Waals surface area contributed by atoms with Gasteiger partial charge in [0, 0.05) is 31.7 Å². The van der Waals surface area contributed by atoms with Gasteiger partial charge in [-0.15, -0.1) is 0 Å². The van der Waals surface area contributed by atoms with Crippen molar-refractivity contribution in [2.45, 2.75) is 13.0 Å². The van der Waals surface area contributed by atoms with Crippen LogP contribution in [0.3, 0.4) is 0 Å². The topological polar surface area (TPSA) is 99.5 Å². The van der Waals surface area contributed by atoms with E-state index in [1.54, 1.807) is 37.4 Å². The summed E-state index contributed by atoms with van der Waals surface area (Å²) in [5, 5.41) is 21.0. The number of carbonyl (C=O) groups excluding carboxylic acids is 2. The van der Waals surface area contributed by atoms with Gasteiger partial charge < -0.3 is 24.6 Å². The average molecular weight is 453 g/mol. The predicted octanol–water partition coefficient (Wildman–Crippen LogP) is 2.46. The van der Waals surface area contributed by atoms with Gasteiger partial charge in [0.1, 0.15) is 17.3 Å². The number of morpholine rings is 1. The number of likely N-dealkylation sites (tertiary alicyclic amines) is 1. The molecule has 0 spiro atoms. The third-order valence-corrected chi connectivity index (χ3v) is 6.20. The average Bonchev–Trinajstić information content (AvgIpc) is 3.08. The summed E-state index contributed by atoms with van der Waals surface area (Å²) in [6.45, 7) is 5.52. The smallest absolute Gasteiger partial charge is 0.295 e. The van der Waals surface area contributed by atoms with Gasteiger partial charge in [-0.05, 0) is 48.4 Å². The fourth-order valence-corrected chi connectivity index (χ4v) is 4.36. The Kier molecular flexibility index (Phi) is 6.67. The highest BCUT2D eigenvalue weighted by Gasteiger charge is 2.46. The second kappa shape index (κ2) is 9.64. The molecule has 0 radical (unpaired) electrons. The first-order valence-corrected chi connectivity index (χ1v) is 10.9. The second-order valence-electron chi connectivity index (χ2n) is 8.22. The van der Waals surface area contributed by atoms with Crippen LogP contribution in [0.2, 0.25) is 0 Å².